The average molecular weight is 312 g/mol. The minimum Gasteiger partial charge on any atom is -0.384 e. The zero-order chi connectivity index (χ0) is 16.3. The molecule has 0 unspecified atom stereocenters. The fourth-order valence-corrected chi connectivity index (χ4v) is 3.83. The van der Waals surface area contributed by atoms with E-state index in [1.54, 1.807) is 0 Å². The van der Waals surface area contributed by atoms with Crippen molar-refractivity contribution in [3.05, 3.63) is 95.1 Å². The van der Waals surface area contributed by atoms with Gasteiger partial charge >= 0.3 is 0 Å². The van der Waals surface area contributed by atoms with Crippen LogP contribution in [0.3, 0.4) is 0 Å². The molecule has 0 saturated heterocycles. The second-order valence-electron chi connectivity index (χ2n) is 6.46. The van der Waals surface area contributed by atoms with Crippen LogP contribution >= 0.6 is 0 Å². The highest BCUT2D eigenvalue weighted by Crippen LogP contribution is 2.43. The summed E-state index contributed by atoms with van der Waals surface area (Å²) in [4.78, 5) is 0. The molecule has 5 rings (SSSR count). The Morgan fingerprint density at radius 2 is 0.708 bits per heavy atom. The Balaban J connectivity index is 1.81. The lowest BCUT2D eigenvalue weighted by Gasteiger charge is -2.30. The lowest BCUT2D eigenvalue weighted by Crippen LogP contribution is -2.18. The van der Waals surface area contributed by atoms with Crippen molar-refractivity contribution in [3.8, 4) is 0 Å². The SMILES string of the molecule is OC1c2cc3ccccc3cc2C(O)c2cc3ccccc3cc21. The Labute approximate surface area is 139 Å². The summed E-state index contributed by atoms with van der Waals surface area (Å²) in [5, 5.41) is 26.2. The monoisotopic (exact) mass is 312 g/mol. The molecule has 4 aromatic carbocycles. The van der Waals surface area contributed by atoms with Gasteiger partial charge in [-0.15, -0.1) is 0 Å². The van der Waals surface area contributed by atoms with E-state index >= 15 is 0 Å². The van der Waals surface area contributed by atoms with E-state index in [1.165, 1.54) is 0 Å². The van der Waals surface area contributed by atoms with Gasteiger partial charge in [0.1, 0.15) is 12.2 Å². The number of aliphatic hydroxyl groups is 2. The third-order valence-electron chi connectivity index (χ3n) is 5.08. The number of rotatable bonds is 0. The molecule has 2 heteroatoms. The topological polar surface area (TPSA) is 40.5 Å². The minimum absolute atomic E-state index is 0.715. The van der Waals surface area contributed by atoms with Crippen molar-refractivity contribution in [1.82, 2.24) is 0 Å². The molecule has 0 bridgehead atoms. The van der Waals surface area contributed by atoms with Crippen molar-refractivity contribution >= 4 is 21.5 Å². The Morgan fingerprint density at radius 3 is 0.958 bits per heavy atom. The van der Waals surface area contributed by atoms with Gasteiger partial charge in [-0.05, 0) is 68.1 Å². The fraction of sp³-hybridized carbons (Fsp3) is 0.0909. The van der Waals surface area contributed by atoms with Gasteiger partial charge in [-0.1, -0.05) is 48.5 Å². The number of hydrogen-bond donors (Lipinski definition) is 2. The van der Waals surface area contributed by atoms with E-state index in [2.05, 4.69) is 0 Å². The largest absolute Gasteiger partial charge is 0.384 e. The minimum atomic E-state index is -0.715. The van der Waals surface area contributed by atoms with E-state index in [-0.39, 0.29) is 0 Å². The Morgan fingerprint density at radius 1 is 0.458 bits per heavy atom. The van der Waals surface area contributed by atoms with E-state index in [1.807, 2.05) is 72.8 Å². The van der Waals surface area contributed by atoms with Crippen LogP contribution in [-0.2, 0) is 0 Å². The molecule has 0 amide bonds. The summed E-state index contributed by atoms with van der Waals surface area (Å²) in [7, 11) is 0. The zero-order valence-electron chi connectivity index (χ0n) is 13.0. The van der Waals surface area contributed by atoms with Crippen molar-refractivity contribution in [3.63, 3.8) is 0 Å². The smallest absolute Gasteiger partial charge is 0.105 e. The summed E-state index contributed by atoms with van der Waals surface area (Å²) in [5.74, 6) is 0. The molecule has 0 aliphatic heterocycles. The molecule has 1 aliphatic rings. The maximum absolute atomic E-state index is 10.9. The molecule has 0 radical (unpaired) electrons. The van der Waals surface area contributed by atoms with Gasteiger partial charge in [-0.3, -0.25) is 0 Å². The maximum atomic E-state index is 10.9. The first-order valence-corrected chi connectivity index (χ1v) is 8.14. The van der Waals surface area contributed by atoms with Gasteiger partial charge in [0.2, 0.25) is 0 Å². The molecule has 0 fully saturated rings. The fourth-order valence-electron chi connectivity index (χ4n) is 3.83. The normalized spacial score (nSPS) is 19.2. The van der Waals surface area contributed by atoms with Gasteiger partial charge in [0.25, 0.3) is 0 Å². The van der Waals surface area contributed by atoms with Crippen molar-refractivity contribution in [2.45, 2.75) is 12.2 Å². The highest BCUT2D eigenvalue weighted by Gasteiger charge is 2.30. The summed E-state index contributed by atoms with van der Waals surface area (Å²) >= 11 is 0. The Hall–Kier alpha value is -2.68. The van der Waals surface area contributed by atoms with Crippen molar-refractivity contribution in [2.24, 2.45) is 0 Å². The first kappa shape index (κ1) is 13.7. The standard InChI is InChI=1S/C22H16O2/c23-21-17-9-13-5-1-2-6-14(13)10-18(17)22(24)20-12-16-8-4-3-7-15(16)11-19(20)21/h1-12,21-24H. The third kappa shape index (κ3) is 1.84. The quantitative estimate of drug-likeness (QED) is 0.503. The van der Waals surface area contributed by atoms with Gasteiger partial charge in [0.05, 0.1) is 0 Å². The van der Waals surface area contributed by atoms with Crippen LogP contribution in [0.15, 0.2) is 72.8 Å². The molecule has 0 aromatic heterocycles. The van der Waals surface area contributed by atoms with Gasteiger partial charge < -0.3 is 10.2 Å². The highest BCUT2D eigenvalue weighted by atomic mass is 16.3. The van der Waals surface area contributed by atoms with E-state index < -0.39 is 12.2 Å². The van der Waals surface area contributed by atoms with Gasteiger partial charge in [-0.2, -0.15) is 0 Å². The van der Waals surface area contributed by atoms with Gasteiger partial charge in [0, 0.05) is 0 Å². The van der Waals surface area contributed by atoms with Gasteiger partial charge in [-0.25, -0.2) is 0 Å². The number of hydrogen-bond acceptors (Lipinski definition) is 2. The van der Waals surface area contributed by atoms with Crippen LogP contribution < -0.4 is 0 Å². The van der Waals surface area contributed by atoms with Gasteiger partial charge in [0.15, 0.2) is 0 Å². The molecule has 2 nitrogen and oxygen atoms in total. The third-order valence-corrected chi connectivity index (χ3v) is 5.08. The van der Waals surface area contributed by atoms with E-state index in [0.717, 1.165) is 43.8 Å². The lowest BCUT2D eigenvalue weighted by atomic mass is 9.80. The summed E-state index contributed by atoms with van der Waals surface area (Å²) < 4.78 is 0. The van der Waals surface area contributed by atoms with Crippen LogP contribution in [0.2, 0.25) is 0 Å². The van der Waals surface area contributed by atoms with E-state index in [0.29, 0.717) is 0 Å². The molecule has 1 aliphatic carbocycles. The first-order valence-electron chi connectivity index (χ1n) is 8.14. The van der Waals surface area contributed by atoms with Crippen LogP contribution in [0, 0.1) is 0 Å². The molecule has 24 heavy (non-hydrogen) atoms. The predicted molar refractivity (Wildman–Crippen MR) is 96.0 cm³/mol. The predicted octanol–water partition coefficient (Wildman–Crippen LogP) is 4.47. The highest BCUT2D eigenvalue weighted by molar-refractivity contribution is 5.87. The Kier molecular flexibility index (Phi) is 2.81. The first-order chi connectivity index (χ1) is 11.7. The summed E-state index contributed by atoms with van der Waals surface area (Å²) in [6.07, 6.45) is -1.43. The molecule has 0 saturated carbocycles. The molecule has 0 spiro atoms. The van der Waals surface area contributed by atoms with Crippen LogP contribution in [-0.4, -0.2) is 10.2 Å². The summed E-state index contributed by atoms with van der Waals surface area (Å²) in [5.41, 5.74) is 3.18. The number of benzene rings is 4. The molecule has 4 aromatic rings. The van der Waals surface area contributed by atoms with Crippen molar-refractivity contribution < 1.29 is 10.2 Å². The van der Waals surface area contributed by atoms with Crippen LogP contribution in [0.5, 0.6) is 0 Å². The molecule has 116 valence electrons. The molecule has 2 N–H and O–H groups in total. The molecular weight excluding hydrogens is 296 g/mol. The maximum Gasteiger partial charge on any atom is 0.105 e. The molecule has 0 atom stereocenters. The summed E-state index contributed by atoms with van der Waals surface area (Å²) in [6, 6.07) is 24.1. The second-order valence-corrected chi connectivity index (χ2v) is 6.46. The van der Waals surface area contributed by atoms with E-state index in [4.69, 9.17) is 0 Å². The molecule has 0 heterocycles. The number of fused-ring (bicyclic) bond motifs is 4. The van der Waals surface area contributed by atoms with Crippen molar-refractivity contribution in [2.75, 3.05) is 0 Å². The second kappa shape index (κ2) is 4.91. The van der Waals surface area contributed by atoms with Crippen LogP contribution in [0.1, 0.15) is 34.5 Å². The zero-order valence-corrected chi connectivity index (χ0v) is 13.0. The van der Waals surface area contributed by atoms with Crippen LogP contribution in [0.25, 0.3) is 21.5 Å². The van der Waals surface area contributed by atoms with E-state index in [9.17, 15) is 10.2 Å². The Bertz CT molecular complexity index is 923. The van der Waals surface area contributed by atoms with Crippen LogP contribution in [0.4, 0.5) is 0 Å². The average Bonchev–Trinajstić information content (AvgIpc) is 2.64. The number of aliphatic hydroxyl groups excluding tert-OH is 2. The lowest BCUT2D eigenvalue weighted by molar-refractivity contribution is 0.174. The summed E-state index contributed by atoms with van der Waals surface area (Å²) in [6.45, 7) is 0. The molecular formula is C22H16O2. The van der Waals surface area contributed by atoms with Crippen molar-refractivity contribution in [1.29, 1.82) is 0 Å².